The summed E-state index contributed by atoms with van der Waals surface area (Å²) in [4.78, 5) is 75.5. The third-order valence-corrected chi connectivity index (χ3v) is 19.0. The molecule has 8 aromatic carbocycles. The fourth-order valence-electron chi connectivity index (χ4n) is 13.5. The summed E-state index contributed by atoms with van der Waals surface area (Å²) in [5.41, 5.74) is 4.71. The molecular formula is C82H52F16N8O8. The van der Waals surface area contributed by atoms with Crippen LogP contribution in [0.1, 0.15) is 144 Å². The number of benzene rings is 8. The first-order valence-corrected chi connectivity index (χ1v) is 33.9. The minimum Gasteiger partial charge on any atom is -0.494 e. The number of aromatic nitrogens is 4. The van der Waals surface area contributed by atoms with E-state index in [9.17, 15) is 110 Å². The largest absolute Gasteiger partial charge is 0.494 e. The van der Waals surface area contributed by atoms with E-state index in [2.05, 4.69) is 60.9 Å². The molecule has 0 aliphatic carbocycles. The van der Waals surface area contributed by atoms with E-state index >= 15 is 0 Å². The van der Waals surface area contributed by atoms with Crippen molar-refractivity contribution in [2.75, 3.05) is 0 Å². The summed E-state index contributed by atoms with van der Waals surface area (Å²) < 4.78 is 214. The maximum atomic E-state index is 14.2. The Hall–Kier alpha value is -13.7. The Morgan fingerprint density at radius 2 is 0.579 bits per heavy atom. The molecule has 0 saturated heterocycles. The van der Waals surface area contributed by atoms with Gasteiger partial charge >= 0.3 is 12.4 Å². The number of aryl methyl sites for hydroxylation is 6. The summed E-state index contributed by atoms with van der Waals surface area (Å²) in [5.74, 6) is -29.5. The lowest BCUT2D eigenvalue weighted by atomic mass is 9.95. The number of halogens is 16. The van der Waals surface area contributed by atoms with Gasteiger partial charge in [-0.15, -0.1) is 0 Å². The Balaban J connectivity index is 0.000000133. The molecular weight excluding hydrogens is 1530 g/mol. The zero-order valence-electron chi connectivity index (χ0n) is 59.4. The highest BCUT2D eigenvalue weighted by Crippen LogP contribution is 2.46. The second-order valence-electron chi connectivity index (χ2n) is 26.2. The van der Waals surface area contributed by atoms with Crippen molar-refractivity contribution in [3.63, 3.8) is 0 Å². The molecule has 32 heteroatoms. The average Bonchev–Trinajstić information content (AvgIpc) is 1.59. The number of hydrogen-bond donors (Lipinski definition) is 8. The number of aromatic hydroxyl groups is 4. The molecule has 0 spiro atoms. The van der Waals surface area contributed by atoms with Gasteiger partial charge in [-0.25, -0.2) is 63.9 Å². The van der Waals surface area contributed by atoms with Crippen LogP contribution in [-0.2, 0) is 25.2 Å². The summed E-state index contributed by atoms with van der Waals surface area (Å²) in [6.07, 6.45) is -7.17. The zero-order chi connectivity index (χ0) is 82.5. The summed E-state index contributed by atoms with van der Waals surface area (Å²) in [5, 5.41) is 41.3. The Morgan fingerprint density at radius 3 is 0.956 bits per heavy atom. The highest BCUT2D eigenvalue weighted by atomic mass is 19.4. The molecule has 16 nitrogen and oxygen atoms in total. The zero-order valence-corrected chi connectivity index (χ0v) is 59.4. The molecule has 8 N–H and O–H groups in total. The van der Waals surface area contributed by atoms with Crippen molar-refractivity contribution in [1.29, 1.82) is 0 Å². The van der Waals surface area contributed by atoms with Crippen molar-refractivity contribution < 1.29 is 110 Å². The van der Waals surface area contributed by atoms with Gasteiger partial charge in [0.1, 0.15) is 0 Å². The molecule has 4 amide bonds. The van der Waals surface area contributed by atoms with Crippen LogP contribution in [0.25, 0.3) is 45.0 Å². The second-order valence-corrected chi connectivity index (χ2v) is 26.2. The van der Waals surface area contributed by atoms with Gasteiger partial charge in [-0.05, 0) is 98.2 Å². The quantitative estimate of drug-likeness (QED) is 0.0370. The number of rotatable bonds is 10. The van der Waals surface area contributed by atoms with Gasteiger partial charge < -0.3 is 40.4 Å². The van der Waals surface area contributed by atoms with Crippen LogP contribution in [-0.4, -0.2) is 86.8 Å². The molecule has 4 aliphatic rings. The van der Waals surface area contributed by atoms with Gasteiger partial charge in [-0.2, -0.15) is 26.3 Å². The van der Waals surface area contributed by atoms with E-state index in [4.69, 9.17) is 0 Å². The SMILES string of the molecule is CCc1ccc(C2=NC(=O)c3c(-c4ccc(CC)cc4)[nH]c(O)c32)cc1.Cc1ccc(C2=NC(=O)c3c(-c4ccc(C)cc4C)[nH]c(O)c32)c(C)c1.O=C1N=C(c2c(F)c(F)c(F)c(F)c2F)c2c(O)[nH]c(-c3c(F)c(F)c(F)c(F)c3F)c21.O=C1N=C(c2ccc(C(F)(F)F)cc2)c2c(O)[nH]c(-c3ccc(C(F)(F)F)cc3)c21. The van der Waals surface area contributed by atoms with E-state index in [0.717, 1.165) is 106 Å². The van der Waals surface area contributed by atoms with Crippen molar-refractivity contribution in [1.82, 2.24) is 19.9 Å². The monoisotopic (exact) mass is 1580 g/mol. The lowest BCUT2D eigenvalue weighted by Crippen LogP contribution is -2.13. The van der Waals surface area contributed by atoms with Crippen molar-refractivity contribution in [3.05, 3.63) is 303 Å². The van der Waals surface area contributed by atoms with Gasteiger partial charge in [0, 0.05) is 22.3 Å². The highest BCUT2D eigenvalue weighted by molar-refractivity contribution is 6.33. The van der Waals surface area contributed by atoms with Crippen molar-refractivity contribution >= 4 is 46.5 Å². The van der Waals surface area contributed by atoms with Crippen LogP contribution in [0, 0.1) is 85.9 Å². The van der Waals surface area contributed by atoms with E-state index in [1.54, 1.807) is 4.98 Å². The van der Waals surface area contributed by atoms with Crippen LogP contribution in [0.2, 0.25) is 0 Å². The first-order valence-electron chi connectivity index (χ1n) is 33.9. The molecule has 114 heavy (non-hydrogen) atoms. The first-order chi connectivity index (χ1) is 53.8. The van der Waals surface area contributed by atoms with Crippen LogP contribution in [0.4, 0.5) is 70.2 Å². The van der Waals surface area contributed by atoms with E-state index < -0.39 is 139 Å². The number of carbonyl (C=O) groups is 4. The van der Waals surface area contributed by atoms with E-state index in [1.165, 1.54) is 11.1 Å². The number of carbonyl (C=O) groups excluding carboxylic acids is 4. The van der Waals surface area contributed by atoms with Crippen LogP contribution in [0.15, 0.2) is 153 Å². The minimum atomic E-state index is -4.54. The molecule has 16 rings (SSSR count). The summed E-state index contributed by atoms with van der Waals surface area (Å²) in [6, 6.07) is 35.8. The Kier molecular flexibility index (Phi) is 20.3. The van der Waals surface area contributed by atoms with Gasteiger partial charge in [0.05, 0.1) is 112 Å². The van der Waals surface area contributed by atoms with Gasteiger partial charge in [0.15, 0.2) is 70.1 Å². The fourth-order valence-corrected chi connectivity index (χ4v) is 13.5. The number of fused-ring (bicyclic) bond motifs is 4. The van der Waals surface area contributed by atoms with Gasteiger partial charge in [-0.3, -0.25) is 19.2 Å². The van der Waals surface area contributed by atoms with Crippen LogP contribution in [0.5, 0.6) is 23.5 Å². The normalized spacial score (nSPS) is 13.3. The third kappa shape index (κ3) is 13.7. The highest BCUT2D eigenvalue weighted by Gasteiger charge is 2.43. The smallest absolute Gasteiger partial charge is 0.416 e. The van der Waals surface area contributed by atoms with Gasteiger partial charge in [0.2, 0.25) is 11.6 Å². The molecule has 4 aliphatic heterocycles. The topological polar surface area (TPSA) is 262 Å². The summed E-state index contributed by atoms with van der Waals surface area (Å²) in [6.45, 7) is 12.2. The van der Waals surface area contributed by atoms with E-state index in [-0.39, 0.29) is 57.2 Å². The Labute approximate surface area is 632 Å². The second kappa shape index (κ2) is 29.5. The number of hydrogen-bond acceptors (Lipinski definition) is 8. The van der Waals surface area contributed by atoms with E-state index in [0.29, 0.717) is 45.1 Å². The number of aromatic amines is 4. The molecule has 8 heterocycles. The maximum Gasteiger partial charge on any atom is 0.416 e. The molecule has 0 radical (unpaired) electrons. The molecule has 0 saturated carbocycles. The van der Waals surface area contributed by atoms with E-state index in [1.807, 2.05) is 100 Å². The Bertz CT molecular complexity index is 6150. The Morgan fingerprint density at radius 1 is 0.298 bits per heavy atom. The number of nitrogens with zero attached hydrogens (tertiary/aromatic N) is 4. The van der Waals surface area contributed by atoms with Gasteiger partial charge in [-0.1, -0.05) is 134 Å². The molecule has 12 aromatic rings. The maximum absolute atomic E-state index is 14.2. The summed E-state index contributed by atoms with van der Waals surface area (Å²) in [7, 11) is 0. The van der Waals surface area contributed by atoms with Crippen LogP contribution in [0.3, 0.4) is 0 Å². The number of nitrogens with one attached hydrogen (secondary N) is 4. The lowest BCUT2D eigenvalue weighted by molar-refractivity contribution is -0.138. The van der Waals surface area contributed by atoms with Crippen LogP contribution < -0.4 is 0 Å². The molecule has 0 unspecified atom stereocenters. The number of amides is 4. The standard InChI is InChI=1S/2C22H20N2O2.C20H10F6N2O2.C18H2F10N2O2/c1-11-5-7-15(13(3)9-11)19-17-18(22(26)23-19)20(24-21(17)25)16-8-6-12(2)10-14(16)4;1-3-13-5-9-15(10-6-13)19-17-18(22(26)23-19)20(24-21(17)25)16-11-7-14(4-2)8-12-16;21-19(22,23)11-5-1-9(2-6-11)15-13-14(18(30)27-15)16(28-17(13)29)10-3-7-12(8-4-10)20(24,25)26;19-5-3(6(20)10(24)13(27)9(5)23)15-1-2(18(32)29-15)16(30-17(1)31)4-7(21)11(25)14(28)12(26)8(4)22/h5-10,23,26H,1-4H3;5-12,23,26H,3-4H2,1-2H3;1-8,27,30H;29,32H. The molecule has 0 fully saturated rings. The van der Waals surface area contributed by atoms with Gasteiger partial charge in [0.25, 0.3) is 23.6 Å². The third-order valence-electron chi connectivity index (χ3n) is 19.0. The van der Waals surface area contributed by atoms with Crippen LogP contribution >= 0.6 is 0 Å². The van der Waals surface area contributed by atoms with Crippen molar-refractivity contribution in [3.8, 4) is 68.5 Å². The van der Waals surface area contributed by atoms with Crippen molar-refractivity contribution in [2.45, 2.75) is 66.7 Å². The average molecular weight is 1580 g/mol. The predicted molar refractivity (Wildman–Crippen MR) is 385 cm³/mol. The molecule has 0 bridgehead atoms. The number of alkyl halides is 6. The summed E-state index contributed by atoms with van der Waals surface area (Å²) >= 11 is 0. The van der Waals surface area contributed by atoms with Crippen molar-refractivity contribution in [2.24, 2.45) is 20.0 Å². The number of H-pyrrole nitrogens is 4. The lowest BCUT2D eigenvalue weighted by Gasteiger charge is -2.08. The molecule has 4 aromatic heterocycles. The minimum absolute atomic E-state index is 0.0143. The first kappa shape index (κ1) is 78.4. The molecule has 580 valence electrons. The number of aliphatic imine (C=N–C) groups is 4. The molecule has 0 atom stereocenters. The predicted octanol–water partition coefficient (Wildman–Crippen LogP) is 19.3. The fraction of sp³-hybridized carbons (Fsp3) is 0.122.